The van der Waals surface area contributed by atoms with Gasteiger partial charge in [0.25, 0.3) is 11.8 Å². The van der Waals surface area contributed by atoms with E-state index in [-0.39, 0.29) is 24.7 Å². The van der Waals surface area contributed by atoms with Gasteiger partial charge in [0, 0.05) is 37.4 Å². The SMILES string of the molecule is O=C(NCCNC(=O)c1ccc(O[C@H]2CC[C@@H](C(=O)O)CC2)c(F)c1F)c1ccc(N2CCCCC2)cc1. The molecule has 0 aromatic heterocycles. The maximum atomic E-state index is 14.6. The van der Waals surface area contributed by atoms with Gasteiger partial charge in [-0.25, -0.2) is 4.39 Å². The Labute approximate surface area is 220 Å². The fraction of sp³-hybridized carbons (Fsp3) is 0.464. The molecule has 1 heterocycles. The summed E-state index contributed by atoms with van der Waals surface area (Å²) in [7, 11) is 0. The molecule has 2 fully saturated rings. The summed E-state index contributed by atoms with van der Waals surface area (Å²) >= 11 is 0. The van der Waals surface area contributed by atoms with Crippen LogP contribution in [0.15, 0.2) is 36.4 Å². The minimum Gasteiger partial charge on any atom is -0.487 e. The van der Waals surface area contributed by atoms with Crippen LogP contribution in [0.3, 0.4) is 0 Å². The van der Waals surface area contributed by atoms with Crippen molar-refractivity contribution in [2.24, 2.45) is 5.92 Å². The van der Waals surface area contributed by atoms with E-state index in [0.29, 0.717) is 31.2 Å². The molecule has 8 nitrogen and oxygen atoms in total. The number of benzene rings is 2. The molecule has 0 radical (unpaired) electrons. The van der Waals surface area contributed by atoms with Gasteiger partial charge in [-0.05, 0) is 81.3 Å². The van der Waals surface area contributed by atoms with Crippen molar-refractivity contribution in [1.29, 1.82) is 0 Å². The number of rotatable bonds is 9. The maximum Gasteiger partial charge on any atom is 0.306 e. The summed E-state index contributed by atoms with van der Waals surface area (Å²) in [6.07, 6.45) is 4.83. The summed E-state index contributed by atoms with van der Waals surface area (Å²) in [5.41, 5.74) is 1.12. The number of carboxylic acids is 1. The summed E-state index contributed by atoms with van der Waals surface area (Å²) in [5, 5.41) is 14.3. The number of anilines is 1. The average Bonchev–Trinajstić information content (AvgIpc) is 2.94. The second-order valence-corrected chi connectivity index (χ2v) is 9.78. The Morgan fingerprint density at radius 3 is 2.11 bits per heavy atom. The molecular weight excluding hydrogens is 496 g/mol. The van der Waals surface area contributed by atoms with Gasteiger partial charge in [-0.15, -0.1) is 0 Å². The number of piperidine rings is 1. The topological polar surface area (TPSA) is 108 Å². The molecule has 1 saturated carbocycles. The normalized spacial score (nSPS) is 19.5. The predicted octanol–water partition coefficient (Wildman–Crippen LogP) is 4.14. The molecule has 38 heavy (non-hydrogen) atoms. The van der Waals surface area contributed by atoms with Crippen molar-refractivity contribution in [3.8, 4) is 5.75 Å². The Balaban J connectivity index is 1.22. The molecule has 1 aliphatic heterocycles. The van der Waals surface area contributed by atoms with Gasteiger partial charge in [0.05, 0.1) is 17.6 Å². The molecule has 0 atom stereocenters. The number of amides is 2. The van der Waals surface area contributed by atoms with E-state index in [4.69, 9.17) is 9.84 Å². The minimum atomic E-state index is -1.32. The second kappa shape index (κ2) is 12.7. The van der Waals surface area contributed by atoms with Crippen LogP contribution in [0.2, 0.25) is 0 Å². The molecular formula is C28H33F2N3O5. The van der Waals surface area contributed by atoms with Crippen LogP contribution in [0.5, 0.6) is 5.75 Å². The first-order chi connectivity index (χ1) is 18.3. The third-order valence-electron chi connectivity index (χ3n) is 7.16. The lowest BCUT2D eigenvalue weighted by molar-refractivity contribution is -0.143. The van der Waals surface area contributed by atoms with Gasteiger partial charge >= 0.3 is 5.97 Å². The van der Waals surface area contributed by atoms with Crippen molar-refractivity contribution < 1.29 is 33.0 Å². The van der Waals surface area contributed by atoms with Gasteiger partial charge in [-0.2, -0.15) is 4.39 Å². The standard InChI is InChI=1S/C28H33F2N3O5/c29-24-22(12-13-23(25(24)30)38-21-10-6-19(7-11-21)28(36)37)27(35)32-15-14-31-26(34)18-4-8-20(9-5-18)33-16-2-1-3-17-33/h4-5,8-9,12-13,19,21H,1-3,6-7,10-11,14-17H2,(H,31,34)(H,32,35)(H,36,37)/t19-,21+. The molecule has 1 aliphatic carbocycles. The van der Waals surface area contributed by atoms with E-state index >= 15 is 0 Å². The highest BCUT2D eigenvalue weighted by Crippen LogP contribution is 2.30. The number of nitrogens with zero attached hydrogens (tertiary/aromatic N) is 1. The van der Waals surface area contributed by atoms with Crippen LogP contribution in [0.1, 0.15) is 65.7 Å². The number of nitrogens with one attached hydrogen (secondary N) is 2. The first kappa shape index (κ1) is 27.3. The number of carbonyl (C=O) groups excluding carboxylic acids is 2. The second-order valence-electron chi connectivity index (χ2n) is 9.78. The molecule has 4 rings (SSSR count). The van der Waals surface area contributed by atoms with E-state index in [1.54, 1.807) is 12.1 Å². The third kappa shape index (κ3) is 6.79. The molecule has 2 aromatic rings. The molecule has 3 N–H and O–H groups in total. The van der Waals surface area contributed by atoms with Crippen molar-refractivity contribution in [2.75, 3.05) is 31.1 Å². The Hall–Kier alpha value is -3.69. The Morgan fingerprint density at radius 2 is 1.47 bits per heavy atom. The van der Waals surface area contributed by atoms with E-state index in [2.05, 4.69) is 15.5 Å². The van der Waals surface area contributed by atoms with Crippen molar-refractivity contribution in [3.63, 3.8) is 0 Å². The molecule has 2 amide bonds. The van der Waals surface area contributed by atoms with Crippen molar-refractivity contribution >= 4 is 23.5 Å². The van der Waals surface area contributed by atoms with Gasteiger partial charge in [0.15, 0.2) is 11.6 Å². The third-order valence-corrected chi connectivity index (χ3v) is 7.16. The lowest BCUT2D eigenvalue weighted by Crippen LogP contribution is -2.35. The zero-order valence-corrected chi connectivity index (χ0v) is 21.2. The Morgan fingerprint density at radius 1 is 0.842 bits per heavy atom. The first-order valence-corrected chi connectivity index (χ1v) is 13.1. The van der Waals surface area contributed by atoms with E-state index in [1.807, 2.05) is 12.1 Å². The van der Waals surface area contributed by atoms with Crippen molar-refractivity contribution in [2.45, 2.75) is 51.0 Å². The summed E-state index contributed by atoms with van der Waals surface area (Å²) in [6, 6.07) is 9.72. The van der Waals surface area contributed by atoms with Gasteiger partial charge in [-0.3, -0.25) is 14.4 Å². The van der Waals surface area contributed by atoms with E-state index in [1.165, 1.54) is 25.3 Å². The fourth-order valence-electron chi connectivity index (χ4n) is 4.93. The molecule has 204 valence electrons. The zero-order chi connectivity index (χ0) is 27.1. The van der Waals surface area contributed by atoms with E-state index in [9.17, 15) is 23.2 Å². The van der Waals surface area contributed by atoms with Crippen LogP contribution in [-0.4, -0.2) is 55.2 Å². The molecule has 0 spiro atoms. The van der Waals surface area contributed by atoms with E-state index < -0.39 is 41.1 Å². The van der Waals surface area contributed by atoms with Crippen LogP contribution >= 0.6 is 0 Å². The van der Waals surface area contributed by atoms with Crippen molar-refractivity contribution in [3.05, 3.63) is 59.2 Å². The maximum absolute atomic E-state index is 14.6. The molecule has 2 aromatic carbocycles. The number of carbonyl (C=O) groups is 3. The Kier molecular flexibility index (Phi) is 9.15. The highest BCUT2D eigenvalue weighted by Gasteiger charge is 2.28. The predicted molar refractivity (Wildman–Crippen MR) is 138 cm³/mol. The minimum absolute atomic E-state index is 0.0303. The largest absolute Gasteiger partial charge is 0.487 e. The summed E-state index contributed by atoms with van der Waals surface area (Å²) in [5.74, 6) is -5.31. The van der Waals surface area contributed by atoms with Crippen LogP contribution in [-0.2, 0) is 4.79 Å². The monoisotopic (exact) mass is 529 g/mol. The number of ether oxygens (including phenoxy) is 1. The van der Waals surface area contributed by atoms with Gasteiger partial charge in [-0.1, -0.05) is 0 Å². The summed E-state index contributed by atoms with van der Waals surface area (Å²) < 4.78 is 34.7. The Bertz CT molecular complexity index is 1140. The van der Waals surface area contributed by atoms with Gasteiger partial charge < -0.3 is 25.4 Å². The number of hydrogen-bond donors (Lipinski definition) is 3. The summed E-state index contributed by atoms with van der Waals surface area (Å²) in [6.45, 7) is 2.17. The lowest BCUT2D eigenvalue weighted by Gasteiger charge is -2.28. The van der Waals surface area contributed by atoms with Crippen molar-refractivity contribution in [1.82, 2.24) is 10.6 Å². The number of halogens is 2. The highest BCUT2D eigenvalue weighted by molar-refractivity contribution is 5.95. The van der Waals surface area contributed by atoms with Gasteiger partial charge in [0.1, 0.15) is 0 Å². The number of carboxylic acid groups (broad SMARTS) is 1. The lowest BCUT2D eigenvalue weighted by atomic mass is 9.87. The first-order valence-electron chi connectivity index (χ1n) is 13.1. The number of hydrogen-bond acceptors (Lipinski definition) is 5. The highest BCUT2D eigenvalue weighted by atomic mass is 19.2. The molecule has 0 unspecified atom stereocenters. The van der Waals surface area contributed by atoms with Crippen LogP contribution in [0.25, 0.3) is 0 Å². The molecule has 10 heteroatoms. The molecule has 2 aliphatic rings. The van der Waals surface area contributed by atoms with Gasteiger partial charge in [0.2, 0.25) is 5.82 Å². The average molecular weight is 530 g/mol. The zero-order valence-electron chi connectivity index (χ0n) is 21.2. The fourth-order valence-corrected chi connectivity index (χ4v) is 4.93. The molecule has 0 bridgehead atoms. The number of aliphatic carboxylic acids is 1. The van der Waals surface area contributed by atoms with E-state index in [0.717, 1.165) is 24.8 Å². The van der Waals surface area contributed by atoms with Crippen LogP contribution in [0.4, 0.5) is 14.5 Å². The molecule has 1 saturated heterocycles. The van der Waals surface area contributed by atoms with Crippen LogP contribution < -0.4 is 20.3 Å². The summed E-state index contributed by atoms with van der Waals surface area (Å²) in [4.78, 5) is 38.2. The smallest absolute Gasteiger partial charge is 0.306 e. The quantitative estimate of drug-likeness (QED) is 0.422. The van der Waals surface area contributed by atoms with Crippen LogP contribution in [0, 0.1) is 17.6 Å².